The fourth-order valence-corrected chi connectivity index (χ4v) is 4.34. The molecular weight excluding hydrogens is 390 g/mol. The van der Waals surface area contributed by atoms with E-state index in [2.05, 4.69) is 4.98 Å². The molecule has 0 aliphatic heterocycles. The first kappa shape index (κ1) is 20.8. The molecule has 0 spiro atoms. The lowest BCUT2D eigenvalue weighted by Gasteiger charge is -2.18. The van der Waals surface area contributed by atoms with E-state index in [0.29, 0.717) is 24.3 Å². The average molecular weight is 413 g/mol. The van der Waals surface area contributed by atoms with Gasteiger partial charge in [-0.15, -0.1) is 0 Å². The first-order valence-electron chi connectivity index (χ1n) is 9.31. The number of hydrogen-bond acceptors (Lipinski definition) is 5. The highest BCUT2D eigenvalue weighted by atomic mass is 32.2. The van der Waals surface area contributed by atoms with Gasteiger partial charge < -0.3 is 9.14 Å². The van der Waals surface area contributed by atoms with Crippen LogP contribution in [0, 0.1) is 0 Å². The van der Waals surface area contributed by atoms with E-state index in [1.165, 1.54) is 22.5 Å². The fourth-order valence-electron chi connectivity index (χ4n) is 2.88. The Balaban J connectivity index is 1.60. The van der Waals surface area contributed by atoms with Gasteiger partial charge in [-0.25, -0.2) is 18.2 Å². The first-order valence-corrected chi connectivity index (χ1v) is 10.8. The molecule has 0 bridgehead atoms. The Kier molecular flexibility index (Phi) is 6.46. The standard InChI is InChI=1S/C21H23N3O4S/c1-3-24(4-2)29(26,27)19-11-8-17(9-12-19)10-13-21(25)28-16-18-15-23-14-6-5-7-20(23)22-18/h5-15H,3-4,16H2,1-2H3/b13-10+. The van der Waals surface area contributed by atoms with Gasteiger partial charge in [0.2, 0.25) is 10.0 Å². The monoisotopic (exact) mass is 413 g/mol. The largest absolute Gasteiger partial charge is 0.456 e. The van der Waals surface area contributed by atoms with E-state index in [1.54, 1.807) is 38.3 Å². The van der Waals surface area contributed by atoms with Crippen molar-refractivity contribution < 1.29 is 17.9 Å². The van der Waals surface area contributed by atoms with Crippen molar-refractivity contribution >= 4 is 27.7 Å². The van der Waals surface area contributed by atoms with Crippen LogP contribution in [0.3, 0.4) is 0 Å². The summed E-state index contributed by atoms with van der Waals surface area (Å²) >= 11 is 0. The van der Waals surface area contributed by atoms with Crippen LogP contribution >= 0.6 is 0 Å². The summed E-state index contributed by atoms with van der Waals surface area (Å²) in [6.07, 6.45) is 6.57. The van der Waals surface area contributed by atoms with Crippen molar-refractivity contribution in [1.29, 1.82) is 0 Å². The summed E-state index contributed by atoms with van der Waals surface area (Å²) in [5, 5.41) is 0. The molecule has 0 unspecified atom stereocenters. The fraction of sp³-hybridized carbons (Fsp3) is 0.238. The van der Waals surface area contributed by atoms with Gasteiger partial charge in [-0.3, -0.25) is 0 Å². The second-order valence-electron chi connectivity index (χ2n) is 6.30. The lowest BCUT2D eigenvalue weighted by Crippen LogP contribution is -2.30. The normalized spacial score (nSPS) is 12.1. The summed E-state index contributed by atoms with van der Waals surface area (Å²) in [5.41, 5.74) is 2.14. The molecule has 8 heteroatoms. The number of carbonyl (C=O) groups excluding carboxylic acids is 1. The minimum Gasteiger partial charge on any atom is -0.456 e. The van der Waals surface area contributed by atoms with Gasteiger partial charge in [0.25, 0.3) is 0 Å². The zero-order valence-electron chi connectivity index (χ0n) is 16.4. The molecule has 0 atom stereocenters. The number of fused-ring (bicyclic) bond motifs is 1. The molecule has 0 fully saturated rings. The lowest BCUT2D eigenvalue weighted by atomic mass is 10.2. The van der Waals surface area contributed by atoms with Crippen molar-refractivity contribution in [3.8, 4) is 0 Å². The van der Waals surface area contributed by atoms with Crippen molar-refractivity contribution in [2.45, 2.75) is 25.3 Å². The summed E-state index contributed by atoms with van der Waals surface area (Å²) in [7, 11) is -3.49. The molecule has 3 rings (SSSR count). The highest BCUT2D eigenvalue weighted by molar-refractivity contribution is 7.89. The predicted molar refractivity (Wildman–Crippen MR) is 111 cm³/mol. The maximum absolute atomic E-state index is 12.5. The van der Waals surface area contributed by atoms with Gasteiger partial charge in [-0.2, -0.15) is 4.31 Å². The lowest BCUT2D eigenvalue weighted by molar-refractivity contribution is -0.139. The van der Waals surface area contributed by atoms with Crippen LogP contribution in [0.15, 0.2) is 65.8 Å². The van der Waals surface area contributed by atoms with Gasteiger partial charge >= 0.3 is 5.97 Å². The number of imidazole rings is 1. The minimum absolute atomic E-state index is 0.0753. The van der Waals surface area contributed by atoms with Gasteiger partial charge in [0.1, 0.15) is 12.3 Å². The van der Waals surface area contributed by atoms with Gasteiger partial charge in [0.05, 0.1) is 10.6 Å². The Morgan fingerprint density at radius 1 is 1.14 bits per heavy atom. The van der Waals surface area contributed by atoms with Crippen molar-refractivity contribution in [3.05, 3.63) is 72.2 Å². The van der Waals surface area contributed by atoms with Crippen LogP contribution in [0.1, 0.15) is 25.1 Å². The van der Waals surface area contributed by atoms with Crippen molar-refractivity contribution in [2.24, 2.45) is 0 Å². The Bertz CT molecular complexity index is 1080. The number of aromatic nitrogens is 2. The maximum Gasteiger partial charge on any atom is 0.331 e. The summed E-state index contributed by atoms with van der Waals surface area (Å²) in [6.45, 7) is 4.51. The van der Waals surface area contributed by atoms with E-state index in [-0.39, 0.29) is 11.5 Å². The van der Waals surface area contributed by atoms with E-state index in [1.807, 2.05) is 28.8 Å². The summed E-state index contributed by atoms with van der Waals surface area (Å²) in [5.74, 6) is -0.498. The van der Waals surface area contributed by atoms with Crippen LogP contribution in [0.2, 0.25) is 0 Å². The molecule has 0 N–H and O–H groups in total. The second-order valence-corrected chi connectivity index (χ2v) is 8.24. The minimum atomic E-state index is -3.49. The highest BCUT2D eigenvalue weighted by Gasteiger charge is 2.20. The molecule has 0 saturated heterocycles. The van der Waals surface area contributed by atoms with Crippen LogP contribution < -0.4 is 0 Å². The quantitative estimate of drug-likeness (QED) is 0.419. The molecule has 3 aromatic rings. The second kappa shape index (κ2) is 9.02. The van der Waals surface area contributed by atoms with Gasteiger partial charge in [0.15, 0.2) is 0 Å². The number of nitrogens with zero attached hydrogens (tertiary/aromatic N) is 3. The average Bonchev–Trinajstić information content (AvgIpc) is 3.15. The summed E-state index contributed by atoms with van der Waals surface area (Å²) < 4.78 is 33.4. The summed E-state index contributed by atoms with van der Waals surface area (Å²) in [4.78, 5) is 16.5. The predicted octanol–water partition coefficient (Wildman–Crippen LogP) is 3.12. The third kappa shape index (κ3) is 4.90. The van der Waals surface area contributed by atoms with Crippen LogP contribution in [-0.2, 0) is 26.2 Å². The van der Waals surface area contributed by atoms with Crippen LogP contribution in [0.25, 0.3) is 11.7 Å². The Morgan fingerprint density at radius 2 is 1.86 bits per heavy atom. The van der Waals surface area contributed by atoms with E-state index in [4.69, 9.17) is 4.74 Å². The third-order valence-corrected chi connectivity index (χ3v) is 6.48. The van der Waals surface area contributed by atoms with Crippen LogP contribution in [0.5, 0.6) is 0 Å². The number of benzene rings is 1. The molecule has 7 nitrogen and oxygen atoms in total. The number of esters is 1. The highest BCUT2D eigenvalue weighted by Crippen LogP contribution is 2.17. The molecule has 0 saturated carbocycles. The number of rotatable bonds is 8. The number of pyridine rings is 1. The smallest absolute Gasteiger partial charge is 0.331 e. The third-order valence-electron chi connectivity index (χ3n) is 4.41. The summed E-state index contributed by atoms with van der Waals surface area (Å²) in [6, 6.07) is 12.0. The zero-order valence-corrected chi connectivity index (χ0v) is 17.2. The van der Waals surface area contributed by atoms with Crippen LogP contribution in [-0.4, -0.2) is 41.2 Å². The molecular formula is C21H23N3O4S. The molecule has 0 aliphatic carbocycles. The Morgan fingerprint density at radius 3 is 2.52 bits per heavy atom. The van der Waals surface area contributed by atoms with E-state index in [0.717, 1.165) is 5.65 Å². The molecule has 2 heterocycles. The van der Waals surface area contributed by atoms with Crippen molar-refractivity contribution in [1.82, 2.24) is 13.7 Å². The van der Waals surface area contributed by atoms with Crippen molar-refractivity contribution in [2.75, 3.05) is 13.1 Å². The van der Waals surface area contributed by atoms with Gasteiger partial charge in [-0.05, 0) is 35.9 Å². The number of sulfonamides is 1. The molecule has 0 amide bonds. The molecule has 0 aliphatic rings. The van der Waals surface area contributed by atoms with Crippen molar-refractivity contribution in [3.63, 3.8) is 0 Å². The number of ether oxygens (including phenoxy) is 1. The molecule has 1 aromatic carbocycles. The first-order chi connectivity index (χ1) is 13.9. The molecule has 2 aromatic heterocycles. The molecule has 152 valence electrons. The van der Waals surface area contributed by atoms with Gasteiger partial charge in [0, 0.05) is 31.6 Å². The molecule has 29 heavy (non-hydrogen) atoms. The van der Waals surface area contributed by atoms with E-state index < -0.39 is 16.0 Å². The Hall–Kier alpha value is -2.97. The maximum atomic E-state index is 12.5. The topological polar surface area (TPSA) is 81.0 Å². The van der Waals surface area contributed by atoms with E-state index in [9.17, 15) is 13.2 Å². The number of hydrogen-bond donors (Lipinski definition) is 0. The van der Waals surface area contributed by atoms with Gasteiger partial charge in [-0.1, -0.05) is 32.0 Å². The SMILES string of the molecule is CCN(CC)S(=O)(=O)c1ccc(/C=C/C(=O)OCc2cn3ccccc3n2)cc1. The number of carbonyl (C=O) groups is 1. The van der Waals surface area contributed by atoms with Crippen LogP contribution in [0.4, 0.5) is 0 Å². The Labute approximate surface area is 170 Å². The van der Waals surface area contributed by atoms with E-state index >= 15 is 0 Å². The zero-order chi connectivity index (χ0) is 20.9. The molecule has 0 radical (unpaired) electrons.